The molecular weight excluding hydrogens is 468 g/mol. The summed E-state index contributed by atoms with van der Waals surface area (Å²) in [5.41, 5.74) is 0.232. The van der Waals surface area contributed by atoms with Gasteiger partial charge in [0.05, 0.1) is 29.6 Å². The van der Waals surface area contributed by atoms with Crippen LogP contribution in [-0.2, 0) is 24.5 Å². The number of fused-ring (bicyclic) bond motifs is 1. The Kier molecular flexibility index (Phi) is 6.58. The number of hydrogen-bond donors (Lipinski definition) is 2. The van der Waals surface area contributed by atoms with Crippen LogP contribution in [0.15, 0.2) is 52.3 Å². The molecule has 2 N–H and O–H groups in total. The Hall–Kier alpha value is -3.95. The Morgan fingerprint density at radius 1 is 1.08 bits per heavy atom. The van der Waals surface area contributed by atoms with E-state index in [4.69, 9.17) is 23.4 Å². The Labute approximate surface area is 207 Å². The molecule has 1 aromatic carbocycles. The largest absolute Gasteiger partial charge is 0.486 e. The number of hydrogen-bond acceptors (Lipinski definition) is 8. The molecule has 3 aliphatic rings. The van der Waals surface area contributed by atoms with E-state index in [9.17, 15) is 14.4 Å². The van der Waals surface area contributed by atoms with E-state index in [2.05, 4.69) is 10.6 Å². The number of amides is 2. The average molecular weight is 497 g/mol. The summed E-state index contributed by atoms with van der Waals surface area (Å²) in [5, 5.41) is 5.28. The molecule has 3 heterocycles. The van der Waals surface area contributed by atoms with Gasteiger partial charge >= 0.3 is 18.0 Å². The van der Waals surface area contributed by atoms with Crippen LogP contribution >= 0.6 is 0 Å². The number of carbonyl (C=O) groups excluding carboxylic acids is 3. The van der Waals surface area contributed by atoms with Crippen molar-refractivity contribution in [2.24, 2.45) is 0 Å². The number of carbonyl (C=O) groups is 3. The first-order valence-corrected chi connectivity index (χ1v) is 12.1. The van der Waals surface area contributed by atoms with E-state index in [-0.39, 0.29) is 24.5 Å². The number of furan rings is 1. The minimum atomic E-state index is -0.875. The van der Waals surface area contributed by atoms with Gasteiger partial charge in [-0.3, -0.25) is 4.79 Å². The van der Waals surface area contributed by atoms with E-state index in [1.807, 2.05) is 18.2 Å². The molecule has 1 atom stereocenters. The van der Waals surface area contributed by atoms with Gasteiger partial charge in [-0.1, -0.05) is 18.9 Å². The fourth-order valence-electron chi connectivity index (χ4n) is 5.06. The first-order valence-electron chi connectivity index (χ1n) is 12.1. The molecule has 2 aliphatic heterocycles. The van der Waals surface area contributed by atoms with Crippen LogP contribution < -0.4 is 20.1 Å². The highest BCUT2D eigenvalue weighted by Crippen LogP contribution is 2.45. The number of esters is 2. The van der Waals surface area contributed by atoms with Gasteiger partial charge in [-0.25, -0.2) is 9.59 Å². The summed E-state index contributed by atoms with van der Waals surface area (Å²) >= 11 is 0. The van der Waals surface area contributed by atoms with E-state index in [0.717, 1.165) is 18.4 Å². The van der Waals surface area contributed by atoms with Crippen molar-refractivity contribution in [1.29, 1.82) is 0 Å². The summed E-state index contributed by atoms with van der Waals surface area (Å²) in [6, 6.07) is 7.43. The second kappa shape index (κ2) is 9.96. The van der Waals surface area contributed by atoms with Crippen molar-refractivity contribution in [2.75, 3.05) is 26.4 Å². The smallest absolute Gasteiger partial charge is 0.338 e. The monoisotopic (exact) mass is 496 g/mol. The topological polar surface area (TPSA) is 125 Å². The second-order valence-electron chi connectivity index (χ2n) is 8.88. The molecule has 10 heteroatoms. The molecule has 0 radical (unpaired) electrons. The van der Waals surface area contributed by atoms with Crippen LogP contribution in [-0.4, -0.2) is 44.4 Å². The zero-order valence-corrected chi connectivity index (χ0v) is 20.0. The Morgan fingerprint density at radius 2 is 1.86 bits per heavy atom. The van der Waals surface area contributed by atoms with Gasteiger partial charge in [-0.05, 0) is 49.6 Å². The summed E-state index contributed by atoms with van der Waals surface area (Å²) in [5.74, 6) is 0.559. The molecule has 1 fully saturated rings. The van der Waals surface area contributed by atoms with Gasteiger partial charge < -0.3 is 34.0 Å². The molecule has 2 amide bonds. The maximum absolute atomic E-state index is 13.6. The highest BCUT2D eigenvalue weighted by atomic mass is 16.6. The number of benzene rings is 1. The standard InChI is InChI=1S/C26H28N2O8/c1-2-32-23(29)21-17(27-25(31)28-22(21)19-6-5-11-33-19)15-36-24(30)26(9-3-4-10-26)16-7-8-18-20(14-16)35-13-12-34-18/h5-8,11,14,22H,2-4,9-10,12-13,15H2,1H3,(H2,27,28,31). The van der Waals surface area contributed by atoms with Crippen molar-refractivity contribution in [3.63, 3.8) is 0 Å². The van der Waals surface area contributed by atoms with Crippen molar-refractivity contribution in [2.45, 2.75) is 44.1 Å². The van der Waals surface area contributed by atoms with Gasteiger partial charge in [-0.15, -0.1) is 0 Å². The lowest BCUT2D eigenvalue weighted by atomic mass is 9.78. The summed E-state index contributed by atoms with van der Waals surface area (Å²) in [7, 11) is 0. The fourth-order valence-corrected chi connectivity index (χ4v) is 5.06. The van der Waals surface area contributed by atoms with Crippen LogP contribution in [0.3, 0.4) is 0 Å². The van der Waals surface area contributed by atoms with E-state index in [1.165, 1.54) is 6.26 Å². The average Bonchev–Trinajstić information content (AvgIpc) is 3.60. The summed E-state index contributed by atoms with van der Waals surface area (Å²) in [6.07, 6.45) is 4.45. The molecule has 1 aromatic heterocycles. The minimum absolute atomic E-state index is 0.124. The molecule has 10 nitrogen and oxygen atoms in total. The lowest BCUT2D eigenvalue weighted by Gasteiger charge is -2.31. The summed E-state index contributed by atoms with van der Waals surface area (Å²) in [6.45, 7) is 2.46. The molecule has 0 saturated heterocycles. The van der Waals surface area contributed by atoms with Crippen LogP contribution in [0.4, 0.5) is 4.79 Å². The van der Waals surface area contributed by atoms with Gasteiger partial charge in [-0.2, -0.15) is 0 Å². The lowest BCUT2D eigenvalue weighted by molar-refractivity contribution is -0.150. The summed E-state index contributed by atoms with van der Waals surface area (Å²) in [4.78, 5) is 38.9. The van der Waals surface area contributed by atoms with Crippen molar-refractivity contribution in [1.82, 2.24) is 10.6 Å². The zero-order chi connectivity index (χ0) is 25.1. The third-order valence-electron chi connectivity index (χ3n) is 6.77. The van der Waals surface area contributed by atoms with E-state index in [1.54, 1.807) is 19.1 Å². The maximum atomic E-state index is 13.6. The van der Waals surface area contributed by atoms with Crippen molar-refractivity contribution in [3.05, 3.63) is 59.2 Å². The first-order chi connectivity index (χ1) is 17.5. The van der Waals surface area contributed by atoms with Crippen LogP contribution in [0, 0.1) is 0 Å². The van der Waals surface area contributed by atoms with Crippen molar-refractivity contribution < 1.29 is 37.7 Å². The number of nitrogens with one attached hydrogen (secondary N) is 2. The number of ether oxygens (including phenoxy) is 4. The fraction of sp³-hybridized carbons (Fsp3) is 0.423. The quantitative estimate of drug-likeness (QED) is 0.560. The predicted octanol–water partition coefficient (Wildman–Crippen LogP) is 3.28. The maximum Gasteiger partial charge on any atom is 0.338 e. The molecule has 1 unspecified atom stereocenters. The molecule has 5 rings (SSSR count). The lowest BCUT2D eigenvalue weighted by Crippen LogP contribution is -2.47. The van der Waals surface area contributed by atoms with Crippen LogP contribution in [0.5, 0.6) is 11.5 Å². The van der Waals surface area contributed by atoms with E-state index < -0.39 is 29.4 Å². The Balaban J connectivity index is 1.43. The highest BCUT2D eigenvalue weighted by Gasteiger charge is 2.45. The van der Waals surface area contributed by atoms with Crippen LogP contribution in [0.1, 0.15) is 50.0 Å². The normalized spacial score (nSPS) is 20.4. The van der Waals surface area contributed by atoms with Crippen molar-refractivity contribution in [3.8, 4) is 11.5 Å². The second-order valence-corrected chi connectivity index (χ2v) is 8.88. The Bertz CT molecular complexity index is 1180. The third-order valence-corrected chi connectivity index (χ3v) is 6.77. The van der Waals surface area contributed by atoms with Crippen molar-refractivity contribution >= 4 is 18.0 Å². The third kappa shape index (κ3) is 4.38. The molecular formula is C26H28N2O8. The Morgan fingerprint density at radius 3 is 2.58 bits per heavy atom. The molecule has 0 spiro atoms. The zero-order valence-electron chi connectivity index (χ0n) is 20.0. The molecule has 1 aliphatic carbocycles. The van der Waals surface area contributed by atoms with Gasteiger partial charge in [0.25, 0.3) is 0 Å². The molecule has 2 aromatic rings. The molecule has 36 heavy (non-hydrogen) atoms. The minimum Gasteiger partial charge on any atom is -0.486 e. The van der Waals surface area contributed by atoms with Crippen LogP contribution in [0.2, 0.25) is 0 Å². The van der Waals surface area contributed by atoms with E-state index in [0.29, 0.717) is 43.3 Å². The summed E-state index contributed by atoms with van der Waals surface area (Å²) < 4.78 is 27.8. The van der Waals surface area contributed by atoms with Gasteiger partial charge in [0.1, 0.15) is 31.6 Å². The SMILES string of the molecule is CCOC(=O)C1=C(COC(=O)C2(c3ccc4c(c3)OCCO4)CCCC2)NC(=O)NC1c1ccco1. The molecule has 1 saturated carbocycles. The highest BCUT2D eigenvalue weighted by molar-refractivity contribution is 5.95. The van der Waals surface area contributed by atoms with Crippen LogP contribution in [0.25, 0.3) is 0 Å². The molecule has 190 valence electrons. The first kappa shape index (κ1) is 23.8. The predicted molar refractivity (Wildman–Crippen MR) is 125 cm³/mol. The van der Waals surface area contributed by atoms with Gasteiger partial charge in [0, 0.05) is 0 Å². The van der Waals surface area contributed by atoms with Gasteiger partial charge in [0.15, 0.2) is 11.5 Å². The number of rotatable bonds is 7. The molecule has 0 bridgehead atoms. The van der Waals surface area contributed by atoms with E-state index >= 15 is 0 Å². The van der Waals surface area contributed by atoms with Gasteiger partial charge in [0.2, 0.25) is 0 Å². The number of urea groups is 1.